The van der Waals surface area contributed by atoms with Crippen LogP contribution < -0.4 is 10.6 Å². The second-order valence-corrected chi connectivity index (χ2v) is 5.56. The van der Waals surface area contributed by atoms with Gasteiger partial charge >= 0.3 is 0 Å². The second-order valence-electron chi connectivity index (χ2n) is 5.15. The Labute approximate surface area is 145 Å². The van der Waals surface area contributed by atoms with Gasteiger partial charge in [-0.3, -0.25) is 20.2 Å². The molecule has 6 nitrogen and oxygen atoms in total. The molecule has 0 aliphatic carbocycles. The molecule has 124 valence electrons. The first-order valence-electron chi connectivity index (χ1n) is 7.36. The van der Waals surface area contributed by atoms with Gasteiger partial charge in [-0.15, -0.1) is 0 Å². The Balaban J connectivity index is 1.91. The van der Waals surface area contributed by atoms with E-state index in [4.69, 9.17) is 12.2 Å². The van der Waals surface area contributed by atoms with Gasteiger partial charge in [0.05, 0.1) is 4.92 Å². The quantitative estimate of drug-likeness (QED) is 0.495. The van der Waals surface area contributed by atoms with Gasteiger partial charge in [0.2, 0.25) is 0 Å². The maximum atomic E-state index is 12.2. The van der Waals surface area contributed by atoms with E-state index in [-0.39, 0.29) is 16.4 Å². The fourth-order valence-corrected chi connectivity index (χ4v) is 2.44. The molecule has 0 fully saturated rings. The standard InChI is InChI=1S/C17H17N3O3S/c1-12-14(8-5-9-15(12)20(22)23)16(21)19-17(24)18-11-10-13-6-3-2-4-7-13/h2-9H,10-11H2,1H3,(H2,18,19,21,24). The molecule has 24 heavy (non-hydrogen) atoms. The minimum Gasteiger partial charge on any atom is -0.362 e. The SMILES string of the molecule is Cc1c(C(=O)NC(=S)NCCc2ccccc2)cccc1[N+](=O)[O-]. The second kappa shape index (κ2) is 8.16. The van der Waals surface area contributed by atoms with Gasteiger partial charge in [0.1, 0.15) is 0 Å². The van der Waals surface area contributed by atoms with Crippen LogP contribution in [0.1, 0.15) is 21.5 Å². The van der Waals surface area contributed by atoms with Crippen LogP contribution in [0, 0.1) is 17.0 Å². The predicted octanol–water partition coefficient (Wildman–Crippen LogP) is 2.75. The summed E-state index contributed by atoms with van der Waals surface area (Å²) >= 11 is 5.10. The maximum absolute atomic E-state index is 12.2. The predicted molar refractivity (Wildman–Crippen MR) is 96.0 cm³/mol. The zero-order valence-corrected chi connectivity index (χ0v) is 13.9. The molecule has 2 N–H and O–H groups in total. The summed E-state index contributed by atoms with van der Waals surface area (Å²) < 4.78 is 0. The molecule has 2 rings (SSSR count). The Morgan fingerprint density at radius 2 is 1.88 bits per heavy atom. The largest absolute Gasteiger partial charge is 0.362 e. The smallest absolute Gasteiger partial charge is 0.273 e. The normalized spacial score (nSPS) is 10.0. The third-order valence-corrected chi connectivity index (χ3v) is 3.76. The zero-order valence-electron chi connectivity index (χ0n) is 13.1. The minimum atomic E-state index is -0.511. The van der Waals surface area contributed by atoms with Crippen LogP contribution in [-0.2, 0) is 6.42 Å². The summed E-state index contributed by atoms with van der Waals surface area (Å²) in [5, 5.41) is 16.6. The highest BCUT2D eigenvalue weighted by atomic mass is 32.1. The van der Waals surface area contributed by atoms with Gasteiger partial charge < -0.3 is 5.32 Å². The van der Waals surface area contributed by atoms with Crippen molar-refractivity contribution in [1.29, 1.82) is 0 Å². The third kappa shape index (κ3) is 4.60. The average molecular weight is 343 g/mol. The highest BCUT2D eigenvalue weighted by Crippen LogP contribution is 2.20. The Kier molecular flexibility index (Phi) is 5.97. The van der Waals surface area contributed by atoms with Crippen LogP contribution in [0.25, 0.3) is 0 Å². The number of thiocarbonyl (C=S) groups is 1. The molecule has 0 atom stereocenters. The van der Waals surface area contributed by atoms with Gasteiger partial charge in [0.15, 0.2) is 5.11 Å². The van der Waals surface area contributed by atoms with Crippen LogP contribution in [0.3, 0.4) is 0 Å². The average Bonchev–Trinajstić information content (AvgIpc) is 2.55. The van der Waals surface area contributed by atoms with E-state index in [9.17, 15) is 14.9 Å². The van der Waals surface area contributed by atoms with Crippen LogP contribution in [0.2, 0.25) is 0 Å². The van der Waals surface area contributed by atoms with Crippen LogP contribution in [0.4, 0.5) is 5.69 Å². The van der Waals surface area contributed by atoms with Gasteiger partial charge in [-0.25, -0.2) is 0 Å². The van der Waals surface area contributed by atoms with Crippen LogP contribution in [-0.4, -0.2) is 22.5 Å². The number of benzene rings is 2. The van der Waals surface area contributed by atoms with Crippen molar-refractivity contribution in [2.24, 2.45) is 0 Å². The molecule has 2 aromatic rings. The summed E-state index contributed by atoms with van der Waals surface area (Å²) in [7, 11) is 0. The van der Waals surface area contributed by atoms with Crippen molar-refractivity contribution in [3.05, 3.63) is 75.3 Å². The molecule has 0 saturated heterocycles. The monoisotopic (exact) mass is 343 g/mol. The van der Waals surface area contributed by atoms with Crippen molar-refractivity contribution in [2.75, 3.05) is 6.54 Å². The van der Waals surface area contributed by atoms with Gasteiger partial charge in [-0.2, -0.15) is 0 Å². The molecule has 0 aliphatic rings. The molecule has 1 amide bonds. The van der Waals surface area contributed by atoms with E-state index in [1.165, 1.54) is 18.2 Å². The first-order chi connectivity index (χ1) is 11.5. The van der Waals surface area contributed by atoms with Crippen molar-refractivity contribution in [3.63, 3.8) is 0 Å². The van der Waals surface area contributed by atoms with Gasteiger partial charge in [0.25, 0.3) is 11.6 Å². The van der Waals surface area contributed by atoms with Crippen LogP contribution >= 0.6 is 12.2 Å². The van der Waals surface area contributed by atoms with E-state index in [0.717, 1.165) is 12.0 Å². The summed E-state index contributed by atoms with van der Waals surface area (Å²) in [5.41, 5.74) is 1.61. The van der Waals surface area contributed by atoms with E-state index < -0.39 is 10.8 Å². The van der Waals surface area contributed by atoms with Crippen molar-refractivity contribution in [1.82, 2.24) is 10.6 Å². The number of hydrogen-bond acceptors (Lipinski definition) is 4. The fraction of sp³-hybridized carbons (Fsp3) is 0.176. The molecule has 7 heteroatoms. The summed E-state index contributed by atoms with van der Waals surface area (Å²) in [4.78, 5) is 22.6. The molecular weight excluding hydrogens is 326 g/mol. The molecule has 0 heterocycles. The molecule has 0 bridgehead atoms. The highest BCUT2D eigenvalue weighted by molar-refractivity contribution is 7.80. The number of nitrogens with one attached hydrogen (secondary N) is 2. The third-order valence-electron chi connectivity index (χ3n) is 3.52. The molecule has 0 aromatic heterocycles. The Morgan fingerprint density at radius 1 is 1.17 bits per heavy atom. The highest BCUT2D eigenvalue weighted by Gasteiger charge is 2.18. The molecule has 0 saturated carbocycles. The number of nitrogens with zero attached hydrogens (tertiary/aromatic N) is 1. The summed E-state index contributed by atoms with van der Waals surface area (Å²) in [5.74, 6) is -0.464. The van der Waals surface area contributed by atoms with E-state index in [1.807, 2.05) is 30.3 Å². The number of carbonyl (C=O) groups is 1. The van der Waals surface area contributed by atoms with E-state index in [2.05, 4.69) is 10.6 Å². The van der Waals surface area contributed by atoms with Gasteiger partial charge in [0, 0.05) is 23.7 Å². The zero-order chi connectivity index (χ0) is 17.5. The number of nitro benzene ring substituents is 1. The summed E-state index contributed by atoms with van der Waals surface area (Å²) in [6.07, 6.45) is 0.771. The number of nitro groups is 1. The Morgan fingerprint density at radius 3 is 2.54 bits per heavy atom. The maximum Gasteiger partial charge on any atom is 0.273 e. The van der Waals surface area contributed by atoms with Crippen LogP contribution in [0.5, 0.6) is 0 Å². The lowest BCUT2D eigenvalue weighted by molar-refractivity contribution is -0.385. The minimum absolute atomic E-state index is 0.0920. The number of carbonyl (C=O) groups excluding carboxylic acids is 1. The molecule has 2 aromatic carbocycles. The summed E-state index contributed by atoms with van der Waals surface area (Å²) in [6.45, 7) is 2.12. The van der Waals surface area contributed by atoms with Crippen molar-refractivity contribution in [3.8, 4) is 0 Å². The molecule has 0 radical (unpaired) electrons. The number of rotatable bonds is 5. The number of hydrogen-bond donors (Lipinski definition) is 2. The molecule has 0 aliphatic heterocycles. The summed E-state index contributed by atoms with van der Waals surface area (Å²) in [6, 6.07) is 14.3. The first-order valence-corrected chi connectivity index (χ1v) is 7.77. The van der Waals surface area contributed by atoms with E-state index >= 15 is 0 Å². The van der Waals surface area contributed by atoms with Crippen molar-refractivity contribution >= 4 is 28.9 Å². The van der Waals surface area contributed by atoms with E-state index in [1.54, 1.807) is 6.92 Å². The van der Waals surface area contributed by atoms with Gasteiger partial charge in [-0.1, -0.05) is 36.4 Å². The molecule has 0 spiro atoms. The first kappa shape index (κ1) is 17.6. The van der Waals surface area contributed by atoms with Crippen LogP contribution in [0.15, 0.2) is 48.5 Å². The molecular formula is C17H17N3O3S. The van der Waals surface area contributed by atoms with Crippen molar-refractivity contribution < 1.29 is 9.72 Å². The Hall–Kier alpha value is -2.80. The van der Waals surface area contributed by atoms with Crippen molar-refractivity contribution in [2.45, 2.75) is 13.3 Å². The number of amides is 1. The van der Waals surface area contributed by atoms with E-state index in [0.29, 0.717) is 12.1 Å². The lowest BCUT2D eigenvalue weighted by Gasteiger charge is -2.11. The Bertz CT molecular complexity index is 763. The lowest BCUT2D eigenvalue weighted by atomic mass is 10.1. The molecule has 0 unspecified atom stereocenters. The lowest BCUT2D eigenvalue weighted by Crippen LogP contribution is -2.40. The van der Waals surface area contributed by atoms with Gasteiger partial charge in [-0.05, 0) is 37.2 Å². The topological polar surface area (TPSA) is 84.3 Å². The fourth-order valence-electron chi connectivity index (χ4n) is 2.25.